The van der Waals surface area contributed by atoms with Gasteiger partial charge >= 0.3 is 7.60 Å². The van der Waals surface area contributed by atoms with Gasteiger partial charge in [0.15, 0.2) is 29.1 Å². The highest BCUT2D eigenvalue weighted by atomic mass is 31.2. The van der Waals surface area contributed by atoms with Gasteiger partial charge in [-0.05, 0) is 33.2 Å². The summed E-state index contributed by atoms with van der Waals surface area (Å²) in [6.07, 6.45) is -0.927. The second-order valence-electron chi connectivity index (χ2n) is 8.48. The van der Waals surface area contributed by atoms with E-state index in [0.717, 1.165) is 19.8 Å². The Morgan fingerprint density at radius 3 is 2.69 bits per heavy atom. The largest absolute Gasteiger partial charge is 0.388 e. The summed E-state index contributed by atoms with van der Waals surface area (Å²) < 4.78 is 29.8. The molecule has 15 heteroatoms. The minimum atomic E-state index is -4.23. The first-order valence-electron chi connectivity index (χ1n) is 11.6. The lowest BCUT2D eigenvalue weighted by Crippen LogP contribution is -2.33. The van der Waals surface area contributed by atoms with E-state index in [4.69, 9.17) is 19.7 Å². The van der Waals surface area contributed by atoms with E-state index in [9.17, 15) is 24.8 Å². The molecule has 3 rings (SSSR count). The third-order valence-corrected chi connectivity index (χ3v) is 7.19. The lowest BCUT2D eigenvalue weighted by Gasteiger charge is -2.23. The fourth-order valence-corrected chi connectivity index (χ4v) is 4.48. The summed E-state index contributed by atoms with van der Waals surface area (Å²) in [5.74, 6) is -1.04. The number of aliphatic hydroxyl groups is 3. The quantitative estimate of drug-likeness (QED) is 0.143. The van der Waals surface area contributed by atoms with Crippen molar-refractivity contribution in [2.24, 2.45) is 5.73 Å². The fourth-order valence-electron chi connectivity index (χ4n) is 3.71. The van der Waals surface area contributed by atoms with Gasteiger partial charge in [-0.25, -0.2) is 15.0 Å². The Morgan fingerprint density at radius 2 is 1.97 bits per heavy atom. The van der Waals surface area contributed by atoms with Crippen LogP contribution in [0.15, 0.2) is 12.7 Å². The maximum atomic E-state index is 11.9. The highest BCUT2D eigenvalue weighted by Gasteiger charge is 2.45. The molecule has 0 aromatic carbocycles. The molecule has 0 spiro atoms. The van der Waals surface area contributed by atoms with Crippen molar-refractivity contribution in [1.82, 2.24) is 19.5 Å². The summed E-state index contributed by atoms with van der Waals surface area (Å²) in [5, 5.41) is 33.7. The number of nitrogens with zero attached hydrogens (tertiary/aromatic N) is 4. The second kappa shape index (κ2) is 12.5. The van der Waals surface area contributed by atoms with Gasteiger partial charge in [-0.15, -0.1) is 0 Å². The van der Waals surface area contributed by atoms with Crippen LogP contribution in [-0.4, -0.2) is 96.3 Å². The molecule has 7 N–H and O–H groups in total. The minimum absolute atomic E-state index is 0.00771. The lowest BCUT2D eigenvalue weighted by atomic mass is 10.1. The number of hydrogen-bond acceptors (Lipinski definition) is 12. The topological polar surface area (TPSA) is 207 Å². The monoisotopic (exact) mass is 518 g/mol. The molecule has 198 valence electrons. The Bertz CT molecular complexity index is 994. The van der Waals surface area contributed by atoms with Crippen LogP contribution in [0.25, 0.3) is 11.2 Å². The number of aliphatic hydroxyl groups excluding tert-OH is 3. The van der Waals surface area contributed by atoms with Crippen LogP contribution in [0.1, 0.15) is 39.3 Å². The van der Waals surface area contributed by atoms with Gasteiger partial charge in [0.05, 0.1) is 18.5 Å². The molecule has 2 aromatic heterocycles. The van der Waals surface area contributed by atoms with Gasteiger partial charge < -0.3 is 45.3 Å². The van der Waals surface area contributed by atoms with E-state index in [1.165, 1.54) is 24.1 Å². The SMILES string of the molecule is CC(CC1OC(n2cnc3c(NCCCOCCCN)ncnc32)C(O)C1O)OP(=O)(O)C(C)O. The molecule has 1 aliphatic heterocycles. The Labute approximate surface area is 203 Å². The fraction of sp³-hybridized carbons (Fsp3) is 0.750. The lowest BCUT2D eigenvalue weighted by molar-refractivity contribution is -0.0462. The number of nitrogens with one attached hydrogen (secondary N) is 1. The van der Waals surface area contributed by atoms with Crippen molar-refractivity contribution >= 4 is 24.6 Å². The van der Waals surface area contributed by atoms with E-state index < -0.39 is 44.1 Å². The zero-order valence-electron chi connectivity index (χ0n) is 19.8. The molecule has 1 saturated heterocycles. The van der Waals surface area contributed by atoms with E-state index in [2.05, 4.69) is 20.3 Å². The van der Waals surface area contributed by atoms with Crippen molar-refractivity contribution in [3.63, 3.8) is 0 Å². The molecule has 3 heterocycles. The summed E-state index contributed by atoms with van der Waals surface area (Å²) in [5.41, 5.74) is 6.31. The minimum Gasteiger partial charge on any atom is -0.388 e. The van der Waals surface area contributed by atoms with Crippen LogP contribution in [0, 0.1) is 0 Å². The molecule has 14 nitrogen and oxygen atoms in total. The van der Waals surface area contributed by atoms with Crippen molar-refractivity contribution < 1.29 is 38.8 Å². The van der Waals surface area contributed by atoms with Crippen molar-refractivity contribution in [1.29, 1.82) is 0 Å². The van der Waals surface area contributed by atoms with Gasteiger partial charge in [-0.1, -0.05) is 0 Å². The number of anilines is 1. The van der Waals surface area contributed by atoms with E-state index in [-0.39, 0.29) is 6.42 Å². The molecule has 35 heavy (non-hydrogen) atoms. The van der Waals surface area contributed by atoms with E-state index in [1.54, 1.807) is 0 Å². The average molecular weight is 519 g/mol. The van der Waals surface area contributed by atoms with E-state index in [0.29, 0.717) is 43.3 Å². The molecule has 0 amide bonds. The van der Waals surface area contributed by atoms with Crippen molar-refractivity contribution in [2.75, 3.05) is 31.6 Å². The molecule has 2 aromatic rings. The zero-order valence-corrected chi connectivity index (χ0v) is 20.7. The molecule has 0 radical (unpaired) electrons. The highest BCUT2D eigenvalue weighted by Crippen LogP contribution is 2.48. The van der Waals surface area contributed by atoms with Gasteiger partial charge in [-0.2, -0.15) is 0 Å². The number of hydrogen-bond donors (Lipinski definition) is 6. The predicted octanol–water partition coefficient (Wildman–Crippen LogP) is -0.0682. The van der Waals surface area contributed by atoms with Crippen LogP contribution in [0.4, 0.5) is 5.82 Å². The third kappa shape index (κ3) is 6.94. The first-order chi connectivity index (χ1) is 16.7. The normalized spacial score (nSPS) is 26.0. The summed E-state index contributed by atoms with van der Waals surface area (Å²) >= 11 is 0. The van der Waals surface area contributed by atoms with Crippen molar-refractivity contribution in [2.45, 2.75) is 69.6 Å². The number of fused-ring (bicyclic) bond motifs is 1. The molecule has 0 saturated carbocycles. The highest BCUT2D eigenvalue weighted by molar-refractivity contribution is 7.53. The van der Waals surface area contributed by atoms with E-state index >= 15 is 0 Å². The van der Waals surface area contributed by atoms with Gasteiger partial charge in [0, 0.05) is 26.2 Å². The van der Waals surface area contributed by atoms with Crippen molar-refractivity contribution in [3.8, 4) is 0 Å². The van der Waals surface area contributed by atoms with Crippen LogP contribution in [0.5, 0.6) is 0 Å². The smallest absolute Gasteiger partial charge is 0.356 e. The average Bonchev–Trinajstić information content (AvgIpc) is 3.35. The van der Waals surface area contributed by atoms with Gasteiger partial charge in [0.1, 0.15) is 18.5 Å². The summed E-state index contributed by atoms with van der Waals surface area (Å²) in [7, 11) is -4.23. The Kier molecular flexibility index (Phi) is 9.93. The van der Waals surface area contributed by atoms with Crippen LogP contribution >= 0.6 is 7.60 Å². The third-order valence-electron chi connectivity index (χ3n) is 5.59. The van der Waals surface area contributed by atoms with Gasteiger partial charge in [0.25, 0.3) is 0 Å². The van der Waals surface area contributed by atoms with Gasteiger partial charge in [-0.3, -0.25) is 9.13 Å². The number of rotatable bonds is 14. The molecule has 7 unspecified atom stereocenters. The standard InChI is InChI=1S/C20H35N6O8P/c1-12(34-35(30,31)13(2)27)9-14-16(28)17(29)20(33-14)26-11-25-15-18(23-10-24-19(15)26)22-6-4-8-32-7-3-5-21/h10-14,16-17,20,27-29H,3-9,21H2,1-2H3,(H,30,31)(H,22,23,24). The zero-order chi connectivity index (χ0) is 25.6. The molecule has 0 aliphatic carbocycles. The maximum Gasteiger partial charge on any atom is 0.356 e. The number of aromatic nitrogens is 4. The van der Waals surface area contributed by atoms with Crippen LogP contribution in [-0.2, 0) is 18.6 Å². The van der Waals surface area contributed by atoms with Crippen molar-refractivity contribution in [3.05, 3.63) is 12.7 Å². The van der Waals surface area contributed by atoms with Gasteiger partial charge in [0.2, 0.25) is 0 Å². The Hall–Kier alpha value is -1.74. The van der Waals surface area contributed by atoms with Crippen LogP contribution in [0.2, 0.25) is 0 Å². The molecule has 1 aliphatic rings. The Balaban J connectivity index is 1.63. The second-order valence-corrected chi connectivity index (χ2v) is 10.6. The van der Waals surface area contributed by atoms with Crippen LogP contribution < -0.4 is 11.1 Å². The maximum absolute atomic E-state index is 11.9. The number of nitrogens with two attached hydrogens (primary N) is 1. The van der Waals surface area contributed by atoms with Crippen LogP contribution in [0.3, 0.4) is 0 Å². The summed E-state index contributed by atoms with van der Waals surface area (Å²) in [6, 6.07) is 0. The summed E-state index contributed by atoms with van der Waals surface area (Å²) in [6.45, 7) is 5.08. The van der Waals surface area contributed by atoms with E-state index in [1.807, 2.05) is 0 Å². The molecule has 7 atom stereocenters. The summed E-state index contributed by atoms with van der Waals surface area (Å²) in [4.78, 5) is 22.6. The molecule has 0 bridgehead atoms. The first-order valence-corrected chi connectivity index (χ1v) is 13.2. The molecular formula is C20H35N6O8P. The molecular weight excluding hydrogens is 483 g/mol. The predicted molar refractivity (Wildman–Crippen MR) is 126 cm³/mol. The first kappa shape index (κ1) is 27.8. The number of imidazole rings is 1. The molecule has 1 fully saturated rings. The Morgan fingerprint density at radius 1 is 1.23 bits per heavy atom. The number of ether oxygens (including phenoxy) is 2.